The third kappa shape index (κ3) is 7.84. The fraction of sp³-hybridized carbons (Fsp3) is 0.455. The maximum Gasteiger partial charge on any atom is 0.303 e. The van der Waals surface area contributed by atoms with Crippen molar-refractivity contribution in [3.8, 4) is 22.5 Å². The van der Waals surface area contributed by atoms with Crippen molar-refractivity contribution in [1.29, 1.82) is 0 Å². The minimum absolute atomic E-state index is 0.0588. The van der Waals surface area contributed by atoms with Crippen LogP contribution in [0.2, 0.25) is 0 Å². The van der Waals surface area contributed by atoms with Gasteiger partial charge in [0, 0.05) is 51.8 Å². The molecule has 14 heteroatoms. The average Bonchev–Trinajstić information content (AvgIpc) is 3.43. The molecule has 0 bridgehead atoms. The molecule has 0 amide bonds. The first-order valence-corrected chi connectivity index (χ1v) is 15.2. The van der Waals surface area contributed by atoms with Gasteiger partial charge in [0.05, 0.1) is 18.4 Å². The number of hydrogen-bond acceptors (Lipinski definition) is 13. The lowest BCUT2D eigenvalue weighted by Gasteiger charge is -2.44. The Kier molecular flexibility index (Phi) is 10.6. The highest BCUT2D eigenvalue weighted by Gasteiger charge is 2.52. The Morgan fingerprint density at radius 3 is 2.19 bits per heavy atom. The first-order valence-electron chi connectivity index (χ1n) is 15.2. The highest BCUT2D eigenvalue weighted by Crippen LogP contribution is 2.40. The molecule has 3 aromatic rings. The molecule has 1 aromatic heterocycles. The summed E-state index contributed by atoms with van der Waals surface area (Å²) in [6.07, 6.45) is -6.21. The average molecular weight is 652 g/mol. The van der Waals surface area contributed by atoms with E-state index in [2.05, 4.69) is 10.3 Å². The van der Waals surface area contributed by atoms with Crippen LogP contribution in [-0.2, 0) is 60.6 Å². The number of ether oxygens (including phenoxy) is 6. The highest BCUT2D eigenvalue weighted by atomic mass is 16.7. The number of rotatable bonds is 10. The molecule has 1 N–H and O–H groups in total. The van der Waals surface area contributed by atoms with Gasteiger partial charge in [0.2, 0.25) is 0 Å². The Morgan fingerprint density at radius 2 is 1.49 bits per heavy atom. The molecule has 0 spiro atoms. The van der Waals surface area contributed by atoms with Crippen molar-refractivity contribution >= 4 is 23.9 Å². The lowest BCUT2D eigenvalue weighted by Crippen LogP contribution is -2.63. The van der Waals surface area contributed by atoms with Crippen LogP contribution in [0.5, 0.6) is 0 Å². The Bertz CT molecular complexity index is 1620. The van der Waals surface area contributed by atoms with Gasteiger partial charge in [-0.25, -0.2) is 4.68 Å². The maximum absolute atomic E-state index is 12.1. The molecule has 2 aliphatic rings. The summed E-state index contributed by atoms with van der Waals surface area (Å²) in [7, 11) is 0. The zero-order valence-corrected chi connectivity index (χ0v) is 26.5. The minimum Gasteiger partial charge on any atom is -0.463 e. The van der Waals surface area contributed by atoms with Crippen molar-refractivity contribution in [3.05, 3.63) is 59.7 Å². The van der Waals surface area contributed by atoms with Crippen molar-refractivity contribution in [3.63, 3.8) is 0 Å². The number of aryl methyl sites for hydroxylation is 1. The summed E-state index contributed by atoms with van der Waals surface area (Å²) < 4.78 is 35.3. The van der Waals surface area contributed by atoms with E-state index >= 15 is 0 Å². The molecule has 2 heterocycles. The Morgan fingerprint density at radius 1 is 0.851 bits per heavy atom. The lowest BCUT2D eigenvalue weighted by atomic mass is 9.87. The number of benzene rings is 2. The maximum atomic E-state index is 12.1. The van der Waals surface area contributed by atoms with Gasteiger partial charge in [-0.05, 0) is 17.5 Å². The largest absolute Gasteiger partial charge is 0.463 e. The van der Waals surface area contributed by atoms with Crippen molar-refractivity contribution < 1.29 is 52.7 Å². The van der Waals surface area contributed by atoms with Gasteiger partial charge in [-0.3, -0.25) is 19.2 Å². The Labute approximate surface area is 270 Å². The highest BCUT2D eigenvalue weighted by molar-refractivity contribution is 5.82. The zero-order valence-electron chi connectivity index (χ0n) is 26.5. The molecule has 0 saturated carbocycles. The molecule has 1 aliphatic carbocycles. The third-order valence-corrected chi connectivity index (χ3v) is 7.74. The monoisotopic (exact) mass is 651 g/mol. The Balaban J connectivity index is 1.38. The van der Waals surface area contributed by atoms with Gasteiger partial charge in [0.15, 0.2) is 24.6 Å². The van der Waals surface area contributed by atoms with E-state index in [1.54, 1.807) is 4.68 Å². The van der Waals surface area contributed by atoms with Crippen LogP contribution < -0.4 is 0 Å². The summed E-state index contributed by atoms with van der Waals surface area (Å²) in [5.74, 6) is -2.78. The molecule has 1 fully saturated rings. The van der Waals surface area contributed by atoms with Gasteiger partial charge in [-0.1, -0.05) is 53.7 Å². The molecule has 1 saturated heterocycles. The van der Waals surface area contributed by atoms with Gasteiger partial charge >= 0.3 is 23.9 Å². The molecule has 2 aromatic carbocycles. The minimum atomic E-state index is -1.32. The van der Waals surface area contributed by atoms with E-state index in [0.29, 0.717) is 25.1 Å². The van der Waals surface area contributed by atoms with Crippen LogP contribution >= 0.6 is 0 Å². The predicted molar refractivity (Wildman–Crippen MR) is 162 cm³/mol. The van der Waals surface area contributed by atoms with Gasteiger partial charge < -0.3 is 33.5 Å². The fourth-order valence-electron chi connectivity index (χ4n) is 5.91. The second-order valence-corrected chi connectivity index (χ2v) is 11.3. The molecule has 5 rings (SSSR count). The van der Waals surface area contributed by atoms with E-state index in [1.807, 2.05) is 48.5 Å². The van der Waals surface area contributed by atoms with Crippen molar-refractivity contribution in [2.75, 3.05) is 13.2 Å². The van der Waals surface area contributed by atoms with Crippen LogP contribution in [0, 0.1) is 0 Å². The number of carbonyl (C=O) groups excluding carboxylic acids is 4. The molecule has 47 heavy (non-hydrogen) atoms. The topological polar surface area (TPSA) is 175 Å². The fourth-order valence-corrected chi connectivity index (χ4v) is 5.91. The van der Waals surface area contributed by atoms with E-state index in [4.69, 9.17) is 28.4 Å². The second-order valence-electron chi connectivity index (χ2n) is 11.3. The van der Waals surface area contributed by atoms with E-state index in [0.717, 1.165) is 41.8 Å². The predicted octanol–water partition coefficient (Wildman–Crippen LogP) is 2.69. The van der Waals surface area contributed by atoms with Gasteiger partial charge in [-0.2, -0.15) is 0 Å². The zero-order chi connectivity index (χ0) is 33.7. The van der Waals surface area contributed by atoms with Crippen molar-refractivity contribution in [2.24, 2.45) is 0 Å². The normalized spacial score (nSPS) is 23.2. The summed E-state index contributed by atoms with van der Waals surface area (Å²) in [6, 6.07) is 15.4. The first-order chi connectivity index (χ1) is 22.5. The van der Waals surface area contributed by atoms with E-state index < -0.39 is 60.7 Å². The van der Waals surface area contributed by atoms with Gasteiger partial charge in [0.25, 0.3) is 0 Å². The smallest absolute Gasteiger partial charge is 0.303 e. The van der Waals surface area contributed by atoms with Crippen molar-refractivity contribution in [2.45, 2.75) is 83.9 Å². The van der Waals surface area contributed by atoms with Crippen LogP contribution in [0.15, 0.2) is 48.5 Å². The quantitative estimate of drug-likeness (QED) is 0.193. The summed E-state index contributed by atoms with van der Waals surface area (Å²) in [5.41, 5.74) is 4.86. The summed E-state index contributed by atoms with van der Waals surface area (Å²) >= 11 is 0. The standard InChI is InChI=1S/C33H37N3O11/c1-18(37)43-17-27-30(44-19(2)38)31(45-20(3)39)32(46-21(4)40)33(47-27)42-15-9-14-36-29-25-13-8-7-12-24(25)26(41)16-22-10-5-6-11-23(22)28(29)34-35-36/h5-8,10-13,26-27,30-33,41H,9,14-17H2,1-4H3/t26?,27-,30-,31+,32+,33+/m1/s1. The third-order valence-electron chi connectivity index (χ3n) is 7.74. The van der Waals surface area contributed by atoms with Gasteiger partial charge in [0.1, 0.15) is 18.4 Å². The molecule has 250 valence electrons. The number of esters is 4. The van der Waals surface area contributed by atoms with Crippen LogP contribution in [0.1, 0.15) is 51.3 Å². The first kappa shape index (κ1) is 33.7. The number of hydrogen-bond donors (Lipinski definition) is 1. The SMILES string of the molecule is CC(=O)OC[C@H]1O[C@H](OCCCn2nnc3c2-c2ccccc2C(O)Cc2ccccc2-3)[C@@H](OC(C)=O)[C@@H](OC(C)=O)[C@@H]1OC(C)=O. The molecule has 1 aliphatic heterocycles. The van der Waals surface area contributed by atoms with Crippen LogP contribution in [-0.4, -0.2) is 87.9 Å². The van der Waals surface area contributed by atoms with Crippen molar-refractivity contribution in [1.82, 2.24) is 15.0 Å². The summed E-state index contributed by atoms with van der Waals surface area (Å²) in [5, 5.41) is 20.1. The van der Waals surface area contributed by atoms with E-state index in [-0.39, 0.29) is 13.2 Å². The number of carbonyl (C=O) groups is 4. The molecule has 6 atom stereocenters. The lowest BCUT2D eigenvalue weighted by molar-refractivity contribution is -0.308. The molecule has 0 radical (unpaired) electrons. The number of aliphatic hydroxyl groups excluding tert-OH is 1. The second kappa shape index (κ2) is 14.8. The molecular formula is C33H37N3O11. The number of aromatic nitrogens is 3. The number of aliphatic hydroxyl groups is 1. The number of fused-ring (bicyclic) bond motifs is 5. The van der Waals surface area contributed by atoms with Crippen LogP contribution in [0.25, 0.3) is 22.5 Å². The van der Waals surface area contributed by atoms with Crippen LogP contribution in [0.4, 0.5) is 0 Å². The van der Waals surface area contributed by atoms with E-state index in [1.165, 1.54) is 13.8 Å². The number of nitrogens with zero attached hydrogens (tertiary/aromatic N) is 3. The summed E-state index contributed by atoms with van der Waals surface area (Å²) in [4.78, 5) is 47.8. The molecule has 14 nitrogen and oxygen atoms in total. The molecule has 1 unspecified atom stereocenters. The summed E-state index contributed by atoms with van der Waals surface area (Å²) in [6.45, 7) is 4.73. The molecular weight excluding hydrogens is 614 g/mol. The van der Waals surface area contributed by atoms with E-state index in [9.17, 15) is 24.3 Å². The van der Waals surface area contributed by atoms with Crippen LogP contribution in [0.3, 0.4) is 0 Å². The van der Waals surface area contributed by atoms with Gasteiger partial charge in [-0.15, -0.1) is 5.10 Å². The Hall–Kier alpha value is -4.66.